The number of hydrogen-bond acceptors (Lipinski definition) is 19. The van der Waals surface area contributed by atoms with E-state index >= 15 is 0 Å². The molecule has 0 amide bonds. The fourth-order valence-corrected chi connectivity index (χ4v) is 6.06. The Kier molecular flexibility index (Phi) is 11.6. The lowest BCUT2D eigenvalue weighted by molar-refractivity contribution is -0.323. The number of rotatable bonds is 9. The van der Waals surface area contributed by atoms with E-state index in [2.05, 4.69) is 0 Å². The van der Waals surface area contributed by atoms with Gasteiger partial charge in [-0.3, -0.25) is 0 Å². The SMILES string of the molecule is CC(C)(O)C1O[C@H](O[C@@H]2C(N)C[C@@H](N)C(O)[C@H]2O[C@@H]2O[C@H](CO)[C@H](O[C@H]3OC(CN)[C@@H](O)[C@@H](O)C3N)C2O)C(N)[C@@H](O)[C@@H]1O. The molecule has 4 aliphatic rings. The van der Waals surface area contributed by atoms with E-state index in [9.17, 15) is 40.9 Å². The average Bonchev–Trinajstić information content (AvgIpc) is 3.26. The predicted molar refractivity (Wildman–Crippen MR) is 146 cm³/mol. The Hall–Kier alpha value is -0.760. The average molecular weight is 644 g/mol. The van der Waals surface area contributed by atoms with Crippen molar-refractivity contribution in [1.29, 1.82) is 0 Å². The van der Waals surface area contributed by atoms with Gasteiger partial charge < -0.3 is 97.9 Å². The summed E-state index contributed by atoms with van der Waals surface area (Å²) in [6.07, 6.45) is -20.8. The van der Waals surface area contributed by atoms with E-state index in [4.69, 9.17) is 57.1 Å². The standard InChI is InChI=1S/C25H49N5O14/c1-25(2,38)21-16(36)15(35)11(30)23(44-21)41-18-7(28)3-6(27)12(32)20(18)43-24-17(37)19(9(5-31)40-24)42-22-10(29)14(34)13(33)8(4-26)39-22/h6-24,31-38H,3-5,26-30H2,1-2H3/t6-,7?,8?,9-,10?,11?,12?,13-,14+,15-,16+,17?,18-,19+,20-,21?,22-,23+,24+/m1/s1. The van der Waals surface area contributed by atoms with Crippen LogP contribution in [-0.4, -0.2) is 176 Å². The number of ether oxygens (including phenoxy) is 6. The van der Waals surface area contributed by atoms with Gasteiger partial charge in [-0.1, -0.05) is 0 Å². The highest BCUT2D eigenvalue weighted by atomic mass is 16.8. The number of hydrogen-bond donors (Lipinski definition) is 13. The van der Waals surface area contributed by atoms with Crippen LogP contribution in [0.15, 0.2) is 0 Å². The van der Waals surface area contributed by atoms with Crippen molar-refractivity contribution in [3.8, 4) is 0 Å². The summed E-state index contributed by atoms with van der Waals surface area (Å²) in [7, 11) is 0. The van der Waals surface area contributed by atoms with Gasteiger partial charge in [0.2, 0.25) is 0 Å². The van der Waals surface area contributed by atoms with Crippen LogP contribution < -0.4 is 28.7 Å². The van der Waals surface area contributed by atoms with Gasteiger partial charge in [-0.2, -0.15) is 0 Å². The van der Waals surface area contributed by atoms with Gasteiger partial charge in [-0.05, 0) is 20.3 Å². The fourth-order valence-electron chi connectivity index (χ4n) is 6.06. The second-order valence-corrected chi connectivity index (χ2v) is 12.5. The van der Waals surface area contributed by atoms with Crippen LogP contribution in [0, 0.1) is 0 Å². The lowest BCUT2D eigenvalue weighted by atomic mass is 9.84. The molecule has 1 aliphatic carbocycles. The molecule has 3 heterocycles. The largest absolute Gasteiger partial charge is 0.394 e. The summed E-state index contributed by atoms with van der Waals surface area (Å²) >= 11 is 0. The normalized spacial score (nSPS) is 52.3. The molecule has 0 aromatic rings. The van der Waals surface area contributed by atoms with Crippen molar-refractivity contribution in [2.75, 3.05) is 13.2 Å². The number of aliphatic hydroxyl groups excluding tert-OH is 7. The van der Waals surface area contributed by atoms with Crippen LogP contribution in [-0.2, 0) is 28.4 Å². The van der Waals surface area contributed by atoms with Crippen molar-refractivity contribution in [1.82, 2.24) is 0 Å². The van der Waals surface area contributed by atoms with Crippen molar-refractivity contribution >= 4 is 0 Å². The molecule has 19 atom stereocenters. The highest BCUT2D eigenvalue weighted by molar-refractivity contribution is 5.03. The third-order valence-corrected chi connectivity index (χ3v) is 8.74. The Morgan fingerprint density at radius 2 is 1.16 bits per heavy atom. The van der Waals surface area contributed by atoms with Crippen molar-refractivity contribution in [3.05, 3.63) is 0 Å². The van der Waals surface area contributed by atoms with E-state index < -0.39 is 128 Å². The van der Waals surface area contributed by atoms with Crippen LogP contribution >= 0.6 is 0 Å². The molecule has 3 aliphatic heterocycles. The van der Waals surface area contributed by atoms with Gasteiger partial charge in [-0.15, -0.1) is 0 Å². The summed E-state index contributed by atoms with van der Waals surface area (Å²) in [6.45, 7) is 1.89. The van der Waals surface area contributed by atoms with Crippen LogP contribution in [0.25, 0.3) is 0 Å². The first kappa shape index (κ1) is 36.1. The zero-order valence-corrected chi connectivity index (χ0v) is 24.5. The number of aliphatic hydroxyl groups is 8. The van der Waals surface area contributed by atoms with Crippen LogP contribution in [0.2, 0.25) is 0 Å². The predicted octanol–water partition coefficient (Wildman–Crippen LogP) is -8.08. The smallest absolute Gasteiger partial charge is 0.187 e. The van der Waals surface area contributed by atoms with Crippen LogP contribution in [0.5, 0.6) is 0 Å². The van der Waals surface area contributed by atoms with Gasteiger partial charge in [0.1, 0.15) is 67.1 Å². The zero-order valence-electron chi connectivity index (χ0n) is 24.5. The monoisotopic (exact) mass is 643 g/mol. The molecule has 0 bridgehead atoms. The maximum atomic E-state index is 11.2. The molecule has 1 saturated carbocycles. The summed E-state index contributed by atoms with van der Waals surface area (Å²) in [5.74, 6) is 0. The molecular weight excluding hydrogens is 594 g/mol. The quantitative estimate of drug-likeness (QED) is 0.111. The molecule has 7 unspecified atom stereocenters. The van der Waals surface area contributed by atoms with Gasteiger partial charge in [-0.25, -0.2) is 0 Å². The summed E-state index contributed by atoms with van der Waals surface area (Å²) in [6, 6.07) is -4.36. The Morgan fingerprint density at radius 1 is 0.636 bits per heavy atom. The van der Waals surface area contributed by atoms with Gasteiger partial charge in [0.15, 0.2) is 18.9 Å². The molecule has 258 valence electrons. The summed E-state index contributed by atoms with van der Waals surface area (Å²) in [5, 5.41) is 84.1. The molecule has 19 nitrogen and oxygen atoms in total. The molecule has 4 fully saturated rings. The lowest BCUT2D eigenvalue weighted by Gasteiger charge is -2.49. The highest BCUT2D eigenvalue weighted by Gasteiger charge is 2.55. The van der Waals surface area contributed by atoms with Crippen molar-refractivity contribution in [2.24, 2.45) is 28.7 Å². The molecule has 0 radical (unpaired) electrons. The summed E-state index contributed by atoms with van der Waals surface area (Å²) in [5.41, 5.74) is 28.5. The molecule has 4 rings (SSSR count). The maximum Gasteiger partial charge on any atom is 0.187 e. The Bertz CT molecular complexity index is 936. The van der Waals surface area contributed by atoms with Gasteiger partial charge in [0, 0.05) is 18.6 Å². The highest BCUT2D eigenvalue weighted by Crippen LogP contribution is 2.35. The molecule has 0 aromatic heterocycles. The molecule has 0 spiro atoms. The van der Waals surface area contributed by atoms with Gasteiger partial charge in [0.05, 0.1) is 30.4 Å². The molecule has 18 N–H and O–H groups in total. The Morgan fingerprint density at radius 3 is 1.73 bits per heavy atom. The van der Waals surface area contributed by atoms with Crippen molar-refractivity contribution in [3.63, 3.8) is 0 Å². The topological polar surface area (TPSA) is 347 Å². The third kappa shape index (κ3) is 7.06. The second kappa shape index (κ2) is 14.2. The van der Waals surface area contributed by atoms with Crippen LogP contribution in [0.1, 0.15) is 20.3 Å². The van der Waals surface area contributed by atoms with E-state index in [1.165, 1.54) is 13.8 Å². The first-order chi connectivity index (χ1) is 20.5. The molecule has 19 heteroatoms. The summed E-state index contributed by atoms with van der Waals surface area (Å²) in [4.78, 5) is 0. The Labute approximate surface area is 253 Å². The van der Waals surface area contributed by atoms with Crippen LogP contribution in [0.3, 0.4) is 0 Å². The van der Waals surface area contributed by atoms with E-state index in [0.717, 1.165) is 0 Å². The maximum absolute atomic E-state index is 11.2. The van der Waals surface area contributed by atoms with Crippen molar-refractivity contribution in [2.45, 2.75) is 142 Å². The van der Waals surface area contributed by atoms with Crippen LogP contribution in [0.4, 0.5) is 0 Å². The summed E-state index contributed by atoms with van der Waals surface area (Å²) < 4.78 is 34.8. The minimum absolute atomic E-state index is 0.0558. The van der Waals surface area contributed by atoms with Gasteiger partial charge >= 0.3 is 0 Å². The molecular formula is C25H49N5O14. The van der Waals surface area contributed by atoms with Gasteiger partial charge in [0.25, 0.3) is 0 Å². The zero-order chi connectivity index (χ0) is 32.8. The minimum Gasteiger partial charge on any atom is -0.394 e. The van der Waals surface area contributed by atoms with E-state index in [1.54, 1.807) is 0 Å². The number of nitrogens with two attached hydrogens (primary N) is 5. The fraction of sp³-hybridized carbons (Fsp3) is 1.00. The van der Waals surface area contributed by atoms with E-state index in [-0.39, 0.29) is 13.0 Å². The van der Waals surface area contributed by atoms with Crippen molar-refractivity contribution < 1.29 is 69.3 Å². The molecule has 0 aromatic carbocycles. The minimum atomic E-state index is -1.63. The van der Waals surface area contributed by atoms with E-state index in [1.807, 2.05) is 0 Å². The molecule has 3 saturated heterocycles. The Balaban J connectivity index is 1.51. The first-order valence-corrected chi connectivity index (χ1v) is 14.6. The lowest BCUT2D eigenvalue weighted by Crippen LogP contribution is -2.69. The first-order valence-electron chi connectivity index (χ1n) is 14.6. The second-order valence-electron chi connectivity index (χ2n) is 12.5. The molecule has 44 heavy (non-hydrogen) atoms. The van der Waals surface area contributed by atoms with E-state index in [0.29, 0.717) is 0 Å². The third-order valence-electron chi connectivity index (χ3n) is 8.74.